The summed E-state index contributed by atoms with van der Waals surface area (Å²) in [7, 11) is 1.62. The molecule has 1 atom stereocenters. The van der Waals surface area contributed by atoms with Gasteiger partial charge in [0.1, 0.15) is 6.54 Å². The van der Waals surface area contributed by atoms with E-state index >= 15 is 0 Å². The summed E-state index contributed by atoms with van der Waals surface area (Å²) in [5.74, 6) is -0.573. The Hall–Kier alpha value is -1.22. The Labute approximate surface area is 144 Å². The molecule has 0 aromatic carbocycles. The number of carbonyl (C=O) groups excluding carboxylic acids is 2. The van der Waals surface area contributed by atoms with Gasteiger partial charge in [0.15, 0.2) is 0 Å². The maximum absolute atomic E-state index is 12.1. The molecule has 0 aromatic rings. The number of hydrogen-bond donors (Lipinski definition) is 2. The SMILES string of the molecule is CCOC(=O)CNC(=O)C(NCCOCCOCCOC)C(C)C. The molecule has 0 aromatic heterocycles. The molecule has 0 aliphatic rings. The van der Waals surface area contributed by atoms with Crippen molar-refractivity contribution in [2.24, 2.45) is 5.92 Å². The Morgan fingerprint density at radius 2 is 1.62 bits per heavy atom. The lowest BCUT2D eigenvalue weighted by Gasteiger charge is -2.21. The van der Waals surface area contributed by atoms with Crippen molar-refractivity contribution in [1.29, 1.82) is 0 Å². The maximum Gasteiger partial charge on any atom is 0.325 e. The minimum absolute atomic E-state index is 0.0876. The molecular formula is C16H32N2O6. The summed E-state index contributed by atoms with van der Waals surface area (Å²) in [4.78, 5) is 23.4. The van der Waals surface area contributed by atoms with Crippen molar-refractivity contribution in [1.82, 2.24) is 10.6 Å². The van der Waals surface area contributed by atoms with Crippen molar-refractivity contribution in [2.75, 3.05) is 59.8 Å². The van der Waals surface area contributed by atoms with E-state index in [0.717, 1.165) is 0 Å². The van der Waals surface area contributed by atoms with Gasteiger partial charge in [-0.3, -0.25) is 9.59 Å². The fraction of sp³-hybridized carbons (Fsp3) is 0.875. The zero-order chi connectivity index (χ0) is 18.2. The third kappa shape index (κ3) is 12.2. The normalized spacial score (nSPS) is 12.2. The van der Waals surface area contributed by atoms with Crippen molar-refractivity contribution < 1.29 is 28.5 Å². The number of amides is 1. The Kier molecular flexibility index (Phi) is 14.5. The molecule has 0 bridgehead atoms. The molecule has 142 valence electrons. The zero-order valence-corrected chi connectivity index (χ0v) is 15.3. The highest BCUT2D eigenvalue weighted by molar-refractivity contribution is 5.85. The molecule has 0 rings (SSSR count). The van der Waals surface area contributed by atoms with Gasteiger partial charge in [-0.1, -0.05) is 13.8 Å². The lowest BCUT2D eigenvalue weighted by atomic mass is 10.0. The first-order valence-electron chi connectivity index (χ1n) is 8.34. The van der Waals surface area contributed by atoms with E-state index in [4.69, 9.17) is 18.9 Å². The second kappa shape index (κ2) is 15.3. The van der Waals surface area contributed by atoms with Crippen molar-refractivity contribution in [3.05, 3.63) is 0 Å². The van der Waals surface area contributed by atoms with E-state index in [0.29, 0.717) is 46.2 Å². The summed E-state index contributed by atoms with van der Waals surface area (Å²) >= 11 is 0. The molecule has 0 aliphatic carbocycles. The molecule has 1 amide bonds. The topological polar surface area (TPSA) is 95.1 Å². The van der Waals surface area contributed by atoms with Crippen LogP contribution in [0.5, 0.6) is 0 Å². The Bertz CT molecular complexity index is 339. The van der Waals surface area contributed by atoms with Gasteiger partial charge in [-0.05, 0) is 12.8 Å². The van der Waals surface area contributed by atoms with Gasteiger partial charge in [-0.15, -0.1) is 0 Å². The summed E-state index contributed by atoms with van der Waals surface area (Å²) in [6, 6.07) is -0.388. The van der Waals surface area contributed by atoms with Crippen LogP contribution in [0.1, 0.15) is 20.8 Å². The Morgan fingerprint density at radius 1 is 1.00 bits per heavy atom. The highest BCUT2D eigenvalue weighted by atomic mass is 16.5. The van der Waals surface area contributed by atoms with E-state index < -0.39 is 5.97 Å². The highest BCUT2D eigenvalue weighted by Crippen LogP contribution is 2.01. The summed E-state index contributed by atoms with van der Waals surface area (Å²) in [6.45, 7) is 8.91. The number of ether oxygens (including phenoxy) is 4. The van der Waals surface area contributed by atoms with Crippen LogP contribution < -0.4 is 10.6 Å². The van der Waals surface area contributed by atoms with Gasteiger partial charge < -0.3 is 29.6 Å². The molecule has 8 nitrogen and oxygen atoms in total. The van der Waals surface area contributed by atoms with E-state index in [1.165, 1.54) is 0 Å². The van der Waals surface area contributed by atoms with E-state index in [-0.39, 0.29) is 24.4 Å². The van der Waals surface area contributed by atoms with Crippen LogP contribution in [-0.2, 0) is 28.5 Å². The van der Waals surface area contributed by atoms with Crippen molar-refractivity contribution in [2.45, 2.75) is 26.8 Å². The monoisotopic (exact) mass is 348 g/mol. The predicted molar refractivity (Wildman–Crippen MR) is 89.8 cm³/mol. The summed E-state index contributed by atoms with van der Waals surface area (Å²) < 4.78 is 20.3. The second-order valence-electron chi connectivity index (χ2n) is 5.42. The molecule has 1 unspecified atom stereocenters. The lowest BCUT2D eigenvalue weighted by Crippen LogP contribution is -2.49. The summed E-state index contributed by atoms with van der Waals surface area (Å²) in [5, 5.41) is 5.72. The van der Waals surface area contributed by atoms with E-state index in [1.54, 1.807) is 14.0 Å². The van der Waals surface area contributed by atoms with Crippen LogP contribution in [-0.4, -0.2) is 77.8 Å². The van der Waals surface area contributed by atoms with E-state index in [2.05, 4.69) is 10.6 Å². The van der Waals surface area contributed by atoms with Crippen LogP contribution in [0.15, 0.2) is 0 Å². The first-order valence-corrected chi connectivity index (χ1v) is 8.34. The van der Waals surface area contributed by atoms with Gasteiger partial charge >= 0.3 is 5.97 Å². The van der Waals surface area contributed by atoms with E-state index in [9.17, 15) is 9.59 Å². The second-order valence-corrected chi connectivity index (χ2v) is 5.42. The standard InChI is InChI=1S/C16H32N2O6/c1-5-24-14(19)12-18-16(20)15(13(2)3)17-6-7-22-10-11-23-9-8-21-4/h13,15,17H,5-12H2,1-4H3,(H,18,20). The zero-order valence-electron chi connectivity index (χ0n) is 15.3. The van der Waals surface area contributed by atoms with Crippen LogP contribution in [0, 0.1) is 5.92 Å². The molecule has 0 heterocycles. The van der Waals surface area contributed by atoms with Crippen molar-refractivity contribution >= 4 is 11.9 Å². The number of hydrogen-bond acceptors (Lipinski definition) is 7. The van der Waals surface area contributed by atoms with Crippen LogP contribution in [0.4, 0.5) is 0 Å². The Morgan fingerprint density at radius 3 is 2.21 bits per heavy atom. The average molecular weight is 348 g/mol. The van der Waals surface area contributed by atoms with Gasteiger partial charge in [-0.2, -0.15) is 0 Å². The smallest absolute Gasteiger partial charge is 0.325 e. The molecular weight excluding hydrogens is 316 g/mol. The maximum atomic E-state index is 12.1. The van der Waals surface area contributed by atoms with Gasteiger partial charge in [0.2, 0.25) is 5.91 Å². The predicted octanol–water partition coefficient (Wildman–Crippen LogP) is -0.0405. The summed E-state index contributed by atoms with van der Waals surface area (Å²) in [5.41, 5.74) is 0. The molecule has 24 heavy (non-hydrogen) atoms. The van der Waals surface area contributed by atoms with Gasteiger partial charge in [0.25, 0.3) is 0 Å². The molecule has 0 radical (unpaired) electrons. The summed E-state index contributed by atoms with van der Waals surface area (Å²) in [6.07, 6.45) is 0. The van der Waals surface area contributed by atoms with Gasteiger partial charge in [0.05, 0.1) is 45.7 Å². The first-order chi connectivity index (χ1) is 11.5. The van der Waals surface area contributed by atoms with Gasteiger partial charge in [0, 0.05) is 13.7 Å². The lowest BCUT2D eigenvalue weighted by molar-refractivity contribution is -0.143. The fourth-order valence-corrected chi connectivity index (χ4v) is 1.86. The minimum Gasteiger partial charge on any atom is -0.465 e. The number of carbonyl (C=O) groups is 2. The van der Waals surface area contributed by atoms with Crippen LogP contribution >= 0.6 is 0 Å². The Balaban J connectivity index is 3.83. The molecule has 2 N–H and O–H groups in total. The molecule has 0 fully saturated rings. The average Bonchev–Trinajstić information content (AvgIpc) is 2.54. The first kappa shape index (κ1) is 22.8. The highest BCUT2D eigenvalue weighted by Gasteiger charge is 2.21. The van der Waals surface area contributed by atoms with Crippen LogP contribution in [0.3, 0.4) is 0 Å². The number of methoxy groups -OCH3 is 1. The third-order valence-corrected chi connectivity index (χ3v) is 3.08. The third-order valence-electron chi connectivity index (χ3n) is 3.08. The van der Waals surface area contributed by atoms with Crippen LogP contribution in [0.25, 0.3) is 0 Å². The number of rotatable bonds is 15. The molecule has 8 heteroatoms. The molecule has 0 saturated carbocycles. The molecule has 0 saturated heterocycles. The molecule has 0 spiro atoms. The van der Waals surface area contributed by atoms with Crippen molar-refractivity contribution in [3.63, 3.8) is 0 Å². The number of esters is 1. The van der Waals surface area contributed by atoms with Crippen LogP contribution in [0.2, 0.25) is 0 Å². The van der Waals surface area contributed by atoms with E-state index in [1.807, 2.05) is 13.8 Å². The quantitative estimate of drug-likeness (QED) is 0.317. The molecule has 0 aliphatic heterocycles. The van der Waals surface area contributed by atoms with Gasteiger partial charge in [-0.25, -0.2) is 0 Å². The number of nitrogens with one attached hydrogen (secondary N) is 2. The van der Waals surface area contributed by atoms with Crippen molar-refractivity contribution in [3.8, 4) is 0 Å². The fourth-order valence-electron chi connectivity index (χ4n) is 1.86. The largest absolute Gasteiger partial charge is 0.465 e. The minimum atomic E-state index is -0.440.